The third kappa shape index (κ3) is 1.38. The second kappa shape index (κ2) is 3.98. The molecule has 4 heteroatoms. The molecule has 0 saturated carbocycles. The molecule has 18 heavy (non-hydrogen) atoms. The van der Waals surface area contributed by atoms with Crippen LogP contribution in [0.2, 0.25) is 0 Å². The molecule has 0 aliphatic rings. The van der Waals surface area contributed by atoms with Crippen LogP contribution in [0.4, 0.5) is 0 Å². The standard InChI is InChI=1S/C14H14N2O2/c1-3-11-15-12-13(16(11)4-2)9-7-5-6-8-10(9)18-14(12)17/h5-8H,3-4H2,1-2H3. The Bertz CT molecular complexity index is 783. The van der Waals surface area contributed by atoms with Crippen LogP contribution in [0.25, 0.3) is 22.0 Å². The van der Waals surface area contributed by atoms with Crippen LogP contribution in [0.15, 0.2) is 33.5 Å². The molecule has 0 unspecified atom stereocenters. The lowest BCUT2D eigenvalue weighted by Gasteiger charge is -2.05. The van der Waals surface area contributed by atoms with Crippen molar-refractivity contribution in [1.29, 1.82) is 0 Å². The van der Waals surface area contributed by atoms with Gasteiger partial charge in [-0.3, -0.25) is 0 Å². The molecule has 0 atom stereocenters. The lowest BCUT2D eigenvalue weighted by atomic mass is 10.2. The first kappa shape index (κ1) is 11.0. The summed E-state index contributed by atoms with van der Waals surface area (Å²) >= 11 is 0. The van der Waals surface area contributed by atoms with E-state index in [4.69, 9.17) is 4.42 Å². The van der Waals surface area contributed by atoms with E-state index in [1.807, 2.05) is 31.2 Å². The van der Waals surface area contributed by atoms with E-state index >= 15 is 0 Å². The number of para-hydroxylation sites is 1. The smallest absolute Gasteiger partial charge is 0.364 e. The normalized spacial score (nSPS) is 11.4. The van der Waals surface area contributed by atoms with Crippen molar-refractivity contribution in [2.24, 2.45) is 0 Å². The van der Waals surface area contributed by atoms with Crippen molar-refractivity contribution in [3.63, 3.8) is 0 Å². The minimum Gasteiger partial charge on any atom is -0.421 e. The summed E-state index contributed by atoms with van der Waals surface area (Å²) in [7, 11) is 0. The van der Waals surface area contributed by atoms with Crippen LogP contribution in [0.1, 0.15) is 19.7 Å². The lowest BCUT2D eigenvalue weighted by Crippen LogP contribution is -2.02. The van der Waals surface area contributed by atoms with Gasteiger partial charge in [0.25, 0.3) is 0 Å². The number of hydrogen-bond donors (Lipinski definition) is 0. The number of fused-ring (bicyclic) bond motifs is 3. The van der Waals surface area contributed by atoms with E-state index in [2.05, 4.69) is 16.5 Å². The molecule has 0 radical (unpaired) electrons. The summed E-state index contributed by atoms with van der Waals surface area (Å²) in [6, 6.07) is 7.59. The lowest BCUT2D eigenvalue weighted by molar-refractivity contribution is 0.568. The first-order valence-electron chi connectivity index (χ1n) is 6.17. The Balaban J connectivity index is 2.61. The van der Waals surface area contributed by atoms with Crippen LogP contribution >= 0.6 is 0 Å². The summed E-state index contributed by atoms with van der Waals surface area (Å²) in [5.41, 5.74) is 1.59. The molecule has 4 nitrogen and oxygen atoms in total. The highest BCUT2D eigenvalue weighted by molar-refractivity contribution is 6.00. The second-order valence-corrected chi connectivity index (χ2v) is 4.21. The van der Waals surface area contributed by atoms with Gasteiger partial charge in [0.05, 0.1) is 5.52 Å². The maximum Gasteiger partial charge on any atom is 0.364 e. The Morgan fingerprint density at radius 2 is 2.06 bits per heavy atom. The summed E-state index contributed by atoms with van der Waals surface area (Å²) in [6.07, 6.45) is 0.802. The Kier molecular flexibility index (Phi) is 2.44. The van der Waals surface area contributed by atoms with Crippen LogP contribution in [0.5, 0.6) is 0 Å². The van der Waals surface area contributed by atoms with Crippen LogP contribution in [0.3, 0.4) is 0 Å². The molecule has 0 aliphatic heterocycles. The summed E-state index contributed by atoms with van der Waals surface area (Å²) < 4.78 is 7.39. The van der Waals surface area contributed by atoms with E-state index in [1.165, 1.54) is 0 Å². The van der Waals surface area contributed by atoms with Crippen molar-refractivity contribution < 1.29 is 4.42 Å². The van der Waals surface area contributed by atoms with Crippen molar-refractivity contribution in [3.8, 4) is 0 Å². The van der Waals surface area contributed by atoms with Crippen molar-refractivity contribution in [1.82, 2.24) is 9.55 Å². The number of imidazole rings is 1. The van der Waals surface area contributed by atoms with Crippen molar-refractivity contribution in [3.05, 3.63) is 40.5 Å². The average Bonchev–Trinajstić information content (AvgIpc) is 2.78. The van der Waals surface area contributed by atoms with E-state index in [0.29, 0.717) is 11.1 Å². The zero-order chi connectivity index (χ0) is 12.7. The largest absolute Gasteiger partial charge is 0.421 e. The Morgan fingerprint density at radius 3 is 2.78 bits per heavy atom. The van der Waals surface area contributed by atoms with Crippen LogP contribution in [-0.2, 0) is 13.0 Å². The molecule has 0 N–H and O–H groups in total. The minimum atomic E-state index is -0.356. The maximum absolute atomic E-state index is 11.9. The summed E-state index contributed by atoms with van der Waals surface area (Å²) in [5.74, 6) is 0.927. The summed E-state index contributed by atoms with van der Waals surface area (Å²) in [4.78, 5) is 16.4. The van der Waals surface area contributed by atoms with E-state index in [-0.39, 0.29) is 5.63 Å². The van der Waals surface area contributed by atoms with Gasteiger partial charge in [-0.05, 0) is 19.1 Å². The van der Waals surface area contributed by atoms with Gasteiger partial charge in [0.2, 0.25) is 0 Å². The number of rotatable bonds is 2. The van der Waals surface area contributed by atoms with Crippen LogP contribution in [-0.4, -0.2) is 9.55 Å². The first-order chi connectivity index (χ1) is 8.76. The number of aryl methyl sites for hydroxylation is 2. The van der Waals surface area contributed by atoms with E-state index in [1.54, 1.807) is 0 Å². The molecule has 0 amide bonds. The monoisotopic (exact) mass is 242 g/mol. The highest BCUT2D eigenvalue weighted by Gasteiger charge is 2.15. The Morgan fingerprint density at radius 1 is 1.28 bits per heavy atom. The highest BCUT2D eigenvalue weighted by atomic mass is 16.4. The van der Waals surface area contributed by atoms with Gasteiger partial charge in [-0.15, -0.1) is 0 Å². The molecule has 0 bridgehead atoms. The number of benzene rings is 1. The highest BCUT2D eigenvalue weighted by Crippen LogP contribution is 2.23. The van der Waals surface area contributed by atoms with Gasteiger partial charge in [-0.25, -0.2) is 9.78 Å². The van der Waals surface area contributed by atoms with Crippen molar-refractivity contribution >= 4 is 22.0 Å². The van der Waals surface area contributed by atoms with Gasteiger partial charge in [-0.1, -0.05) is 19.1 Å². The van der Waals surface area contributed by atoms with E-state index in [9.17, 15) is 4.79 Å². The van der Waals surface area contributed by atoms with Gasteiger partial charge in [0.1, 0.15) is 11.4 Å². The molecule has 2 heterocycles. The molecule has 2 aromatic heterocycles. The maximum atomic E-state index is 11.9. The molecule has 0 spiro atoms. The molecule has 3 rings (SSSR count). The molecule has 3 aromatic rings. The minimum absolute atomic E-state index is 0.356. The van der Waals surface area contributed by atoms with Crippen LogP contribution < -0.4 is 5.63 Å². The van der Waals surface area contributed by atoms with Crippen LogP contribution in [0, 0.1) is 0 Å². The zero-order valence-corrected chi connectivity index (χ0v) is 10.4. The van der Waals surface area contributed by atoms with Gasteiger partial charge in [0.15, 0.2) is 5.52 Å². The van der Waals surface area contributed by atoms with E-state index in [0.717, 1.165) is 29.7 Å². The second-order valence-electron chi connectivity index (χ2n) is 4.21. The predicted molar refractivity (Wildman–Crippen MR) is 70.8 cm³/mol. The number of hydrogen-bond acceptors (Lipinski definition) is 3. The first-order valence-corrected chi connectivity index (χ1v) is 6.17. The molecule has 1 aromatic carbocycles. The SMILES string of the molecule is CCc1nc2c(=O)oc3ccccc3c2n1CC. The fourth-order valence-electron chi connectivity index (χ4n) is 2.42. The van der Waals surface area contributed by atoms with E-state index < -0.39 is 0 Å². The van der Waals surface area contributed by atoms with Gasteiger partial charge >= 0.3 is 5.63 Å². The zero-order valence-electron chi connectivity index (χ0n) is 10.4. The molecule has 92 valence electrons. The molecule has 0 aliphatic carbocycles. The molecule has 0 saturated heterocycles. The van der Waals surface area contributed by atoms with Gasteiger partial charge in [0, 0.05) is 18.4 Å². The van der Waals surface area contributed by atoms with Gasteiger partial charge in [-0.2, -0.15) is 0 Å². The fraction of sp³-hybridized carbons (Fsp3) is 0.286. The van der Waals surface area contributed by atoms with Gasteiger partial charge < -0.3 is 8.98 Å². The Labute approximate surface area is 104 Å². The molecular weight excluding hydrogens is 228 g/mol. The predicted octanol–water partition coefficient (Wildman–Crippen LogP) is 2.73. The Hall–Kier alpha value is -2.10. The average molecular weight is 242 g/mol. The topological polar surface area (TPSA) is 48.0 Å². The third-order valence-electron chi connectivity index (χ3n) is 3.22. The molecular formula is C14H14N2O2. The fourth-order valence-corrected chi connectivity index (χ4v) is 2.42. The number of aromatic nitrogens is 2. The quantitative estimate of drug-likeness (QED) is 0.649. The summed E-state index contributed by atoms with van der Waals surface area (Å²) in [5, 5.41) is 0.946. The summed E-state index contributed by atoms with van der Waals surface area (Å²) in [6.45, 7) is 4.90. The third-order valence-corrected chi connectivity index (χ3v) is 3.22. The number of nitrogens with zero attached hydrogens (tertiary/aromatic N) is 2. The van der Waals surface area contributed by atoms with Crippen molar-refractivity contribution in [2.45, 2.75) is 26.8 Å². The molecule has 0 fully saturated rings. The van der Waals surface area contributed by atoms with Crippen molar-refractivity contribution in [2.75, 3.05) is 0 Å².